The molecule has 10 nitrogen and oxygen atoms in total. The Morgan fingerprint density at radius 1 is 0.500 bits per heavy atom. The Hall–Kier alpha value is 1.90. The molecule has 0 radical (unpaired) electrons. The summed E-state index contributed by atoms with van der Waals surface area (Å²) in [5.74, 6) is 0.412. The molecular formula is C24H18Cl4I6N2O8S2. The number of halogens is 10. The number of unbranched alkanes of at least 4 members (excludes halogenated alkanes) is 1. The molecule has 0 aliphatic heterocycles. The minimum Gasteiger partial charge on any atom is -0.481 e. The molecule has 46 heavy (non-hydrogen) atoms. The number of anilines is 2. The van der Waals surface area contributed by atoms with Crippen molar-refractivity contribution >= 4 is 250 Å². The summed E-state index contributed by atoms with van der Waals surface area (Å²) in [6.07, 6.45) is 1.90. The van der Waals surface area contributed by atoms with Crippen molar-refractivity contribution in [3.8, 4) is 0 Å². The minimum atomic E-state index is -0.782. The van der Waals surface area contributed by atoms with Crippen molar-refractivity contribution in [3.63, 3.8) is 0 Å². The van der Waals surface area contributed by atoms with Gasteiger partial charge in [0.25, 0.3) is 21.0 Å². The number of carboxylic acids is 2. The fourth-order valence-corrected chi connectivity index (χ4v) is 14.6. The van der Waals surface area contributed by atoms with Crippen LogP contribution < -0.4 is 11.5 Å². The second-order valence-corrected chi connectivity index (χ2v) is 18.0. The Kier molecular flexibility index (Phi) is 25.2. The fraction of sp³-hybridized carbons (Fsp3) is 0.250. The summed E-state index contributed by atoms with van der Waals surface area (Å²) in [4.78, 5) is 65.3. The molecule has 0 amide bonds. The Labute approximate surface area is 373 Å². The first-order valence-electron chi connectivity index (χ1n) is 11.5. The number of nitrogens with two attached hydrogens (primary N) is 2. The zero-order chi connectivity index (χ0) is 36.0. The molecule has 0 aliphatic rings. The Balaban J connectivity index is 0.000000663. The van der Waals surface area contributed by atoms with Crippen molar-refractivity contribution in [2.24, 2.45) is 0 Å². The van der Waals surface area contributed by atoms with Crippen LogP contribution >= 0.6 is 205 Å². The molecule has 0 atom stereocenters. The third-order valence-corrected chi connectivity index (χ3v) is 14.2. The zero-order valence-corrected chi connectivity index (χ0v) is 39.9. The standard InChI is InChI=1S/2C8H2Cl2I3NO2.C8H14O4S2/c2*9-7(15)1-3(11)2(8(10)16)5(13)6(14)4(1)12;9-7(10)5-13-3-1-2-4-14-6-8(11)12/h2*14H2;1-6H2,(H,9,10)(H,11,12). The summed E-state index contributed by atoms with van der Waals surface area (Å²) in [7, 11) is 0. The summed E-state index contributed by atoms with van der Waals surface area (Å²) < 4.78 is 3.00. The van der Waals surface area contributed by atoms with E-state index in [0.717, 1.165) is 24.3 Å². The highest BCUT2D eigenvalue weighted by atomic mass is 127. The largest absolute Gasteiger partial charge is 0.481 e. The molecule has 22 heteroatoms. The second kappa shape index (κ2) is 24.2. The van der Waals surface area contributed by atoms with Crippen LogP contribution in [0.3, 0.4) is 0 Å². The maximum Gasteiger partial charge on any atom is 0.313 e. The first-order chi connectivity index (χ1) is 21.2. The van der Waals surface area contributed by atoms with Gasteiger partial charge in [-0.1, -0.05) is 0 Å². The Morgan fingerprint density at radius 3 is 0.891 bits per heavy atom. The Bertz CT molecular complexity index is 1340. The summed E-state index contributed by atoms with van der Waals surface area (Å²) in [5, 5.41) is 14.0. The predicted molar refractivity (Wildman–Crippen MR) is 238 cm³/mol. The van der Waals surface area contributed by atoms with Crippen molar-refractivity contribution in [1.82, 2.24) is 0 Å². The number of carboxylic acid groups (broad SMARTS) is 2. The lowest BCUT2D eigenvalue weighted by Gasteiger charge is -2.12. The van der Waals surface area contributed by atoms with Gasteiger partial charge >= 0.3 is 11.9 Å². The van der Waals surface area contributed by atoms with Gasteiger partial charge in [-0.05, 0) is 206 Å². The van der Waals surface area contributed by atoms with Gasteiger partial charge in [0, 0.05) is 7.14 Å². The summed E-state index contributed by atoms with van der Waals surface area (Å²) in [6.45, 7) is 0. The number of carbonyl (C=O) groups excluding carboxylic acids is 4. The molecule has 0 bridgehead atoms. The highest BCUT2D eigenvalue weighted by molar-refractivity contribution is 14.1. The van der Waals surface area contributed by atoms with E-state index in [0.29, 0.717) is 32.8 Å². The van der Waals surface area contributed by atoms with Gasteiger partial charge in [0.15, 0.2) is 0 Å². The van der Waals surface area contributed by atoms with Crippen molar-refractivity contribution in [3.05, 3.63) is 43.7 Å². The van der Waals surface area contributed by atoms with Gasteiger partial charge < -0.3 is 21.7 Å². The molecule has 0 aromatic heterocycles. The van der Waals surface area contributed by atoms with Crippen LogP contribution in [0.25, 0.3) is 0 Å². The SMILES string of the molecule is Nc1c(I)c(C(=O)Cl)c(I)c(C(=O)Cl)c1I.Nc1c(I)c(C(=O)Cl)c(I)c(C(=O)Cl)c1I.O=C(O)CSCCCCSCC(=O)O. The van der Waals surface area contributed by atoms with Gasteiger partial charge in [0.05, 0.1) is 59.4 Å². The molecule has 254 valence electrons. The van der Waals surface area contributed by atoms with Crippen molar-refractivity contribution in [2.45, 2.75) is 12.8 Å². The van der Waals surface area contributed by atoms with E-state index in [9.17, 15) is 28.8 Å². The second-order valence-electron chi connectivity index (χ2n) is 7.91. The van der Waals surface area contributed by atoms with E-state index in [-0.39, 0.29) is 33.8 Å². The van der Waals surface area contributed by atoms with Crippen molar-refractivity contribution < 1.29 is 39.0 Å². The number of rotatable bonds is 13. The third kappa shape index (κ3) is 15.6. The average Bonchev–Trinajstić information content (AvgIpc) is 2.92. The summed E-state index contributed by atoms with van der Waals surface area (Å²) in [6, 6.07) is 0. The number of aliphatic carboxylic acids is 2. The van der Waals surface area contributed by atoms with Crippen LogP contribution in [0.1, 0.15) is 54.3 Å². The van der Waals surface area contributed by atoms with E-state index in [2.05, 4.69) is 0 Å². The maximum atomic E-state index is 11.3. The van der Waals surface area contributed by atoms with Crippen LogP contribution in [0.5, 0.6) is 0 Å². The monoisotopic (exact) mass is 1430 g/mol. The molecule has 0 aliphatic carbocycles. The van der Waals surface area contributed by atoms with Crippen LogP contribution in [0, 0.1) is 21.4 Å². The summed E-state index contributed by atoms with van der Waals surface area (Å²) in [5.41, 5.74) is 13.2. The van der Waals surface area contributed by atoms with Crippen molar-refractivity contribution in [1.29, 1.82) is 0 Å². The van der Waals surface area contributed by atoms with Crippen molar-refractivity contribution in [2.75, 3.05) is 34.5 Å². The summed E-state index contributed by atoms with van der Waals surface area (Å²) >= 11 is 36.0. The molecule has 0 heterocycles. The van der Waals surface area contributed by atoms with E-state index in [1.54, 1.807) is 0 Å². The molecule has 2 aromatic carbocycles. The van der Waals surface area contributed by atoms with Crippen LogP contribution in [0.4, 0.5) is 11.4 Å². The lowest BCUT2D eigenvalue weighted by atomic mass is 10.1. The quantitative estimate of drug-likeness (QED) is 0.0644. The molecular weight excluding hydrogens is 1410 g/mol. The maximum absolute atomic E-state index is 11.3. The van der Waals surface area contributed by atoms with Gasteiger partial charge in [0.1, 0.15) is 0 Å². The molecule has 0 spiro atoms. The molecule has 0 fully saturated rings. The minimum absolute atomic E-state index is 0.155. The number of carbonyl (C=O) groups is 6. The first-order valence-corrected chi connectivity index (χ1v) is 21.8. The molecule has 0 unspecified atom stereocenters. The van der Waals surface area contributed by atoms with Gasteiger partial charge in [0.2, 0.25) is 0 Å². The van der Waals surface area contributed by atoms with Gasteiger partial charge in [-0.15, -0.1) is 0 Å². The van der Waals surface area contributed by atoms with E-state index in [1.165, 1.54) is 23.5 Å². The topological polar surface area (TPSA) is 195 Å². The lowest BCUT2D eigenvalue weighted by Crippen LogP contribution is -2.11. The van der Waals surface area contributed by atoms with Crippen LogP contribution in [-0.2, 0) is 9.59 Å². The number of benzene rings is 2. The van der Waals surface area contributed by atoms with Crippen LogP contribution in [0.2, 0.25) is 0 Å². The molecule has 6 N–H and O–H groups in total. The Morgan fingerprint density at radius 2 is 0.717 bits per heavy atom. The smallest absolute Gasteiger partial charge is 0.313 e. The van der Waals surface area contributed by atoms with Gasteiger partial charge in [-0.2, -0.15) is 23.5 Å². The number of hydrogen-bond acceptors (Lipinski definition) is 10. The molecule has 0 saturated carbocycles. The normalized spacial score (nSPS) is 10.2. The highest BCUT2D eigenvalue weighted by Crippen LogP contribution is 2.36. The van der Waals surface area contributed by atoms with E-state index in [4.69, 9.17) is 68.1 Å². The average molecular weight is 1430 g/mol. The third-order valence-electron chi connectivity index (χ3n) is 4.77. The molecule has 2 aromatic rings. The predicted octanol–water partition coefficient (Wildman–Crippen LogP) is 9.08. The fourth-order valence-electron chi connectivity index (χ4n) is 2.78. The first kappa shape index (κ1) is 47.9. The number of thioether (sulfide) groups is 2. The number of nitrogen functional groups attached to an aromatic ring is 2. The van der Waals surface area contributed by atoms with E-state index >= 15 is 0 Å². The van der Waals surface area contributed by atoms with Gasteiger partial charge in [-0.25, -0.2) is 0 Å². The zero-order valence-electron chi connectivity index (χ0n) is 22.3. The van der Waals surface area contributed by atoms with Crippen LogP contribution in [-0.4, -0.2) is 66.1 Å². The van der Waals surface area contributed by atoms with Gasteiger partial charge in [-0.3, -0.25) is 28.8 Å². The molecule has 2 rings (SSSR count). The number of hydrogen-bond donors (Lipinski definition) is 4. The lowest BCUT2D eigenvalue weighted by molar-refractivity contribution is -0.134. The van der Waals surface area contributed by atoms with E-state index < -0.39 is 32.9 Å². The molecule has 0 saturated heterocycles. The van der Waals surface area contributed by atoms with Crippen LogP contribution in [0.15, 0.2) is 0 Å². The van der Waals surface area contributed by atoms with E-state index in [1.807, 2.05) is 136 Å². The highest BCUT2D eigenvalue weighted by Gasteiger charge is 2.26.